The van der Waals surface area contributed by atoms with Crippen molar-refractivity contribution in [2.45, 2.75) is 85.0 Å². The summed E-state index contributed by atoms with van der Waals surface area (Å²) >= 11 is 0. The highest BCUT2D eigenvalue weighted by molar-refractivity contribution is 5.24. The summed E-state index contributed by atoms with van der Waals surface area (Å²) in [7, 11) is 0. The van der Waals surface area contributed by atoms with Crippen LogP contribution < -0.4 is 5.48 Å². The predicted molar refractivity (Wildman–Crippen MR) is 181 cm³/mol. The number of allylic oxidation sites excluding steroid dienone is 2. The lowest BCUT2D eigenvalue weighted by atomic mass is 9.47. The Morgan fingerprint density at radius 2 is 1.41 bits per heavy atom. The predicted octanol–water partition coefficient (Wildman–Crippen LogP) is 6.24. The third kappa shape index (κ3) is 10.7. The van der Waals surface area contributed by atoms with Gasteiger partial charge in [0.15, 0.2) is 0 Å². The Balaban J connectivity index is 0.937. The molecule has 0 amide bonds. The average molecular weight is 648 g/mol. The first-order valence-electron chi connectivity index (χ1n) is 18.4. The Labute approximate surface area is 280 Å². The van der Waals surface area contributed by atoms with Gasteiger partial charge in [-0.05, 0) is 98.2 Å². The molecule has 0 heterocycles. The lowest BCUT2D eigenvalue weighted by Gasteiger charge is -2.58. The first kappa shape index (κ1) is 37.8. The van der Waals surface area contributed by atoms with Crippen LogP contribution in [0.2, 0.25) is 0 Å². The lowest BCUT2D eigenvalue weighted by Crippen LogP contribution is -2.50. The Bertz CT molecular complexity index is 923. The second-order valence-corrected chi connectivity index (χ2v) is 14.5. The van der Waals surface area contributed by atoms with Crippen molar-refractivity contribution in [3.63, 3.8) is 0 Å². The SMILES string of the molecule is C#CCOCCOCCOCCOCCOCCOCCNOCC[C@@H](C)[C@H]1CC[C@H]2[C@@H]3CC=C4CCCC[C@]4(C)[C@H]3CC[C@]12C. The summed E-state index contributed by atoms with van der Waals surface area (Å²) < 4.78 is 32.7. The third-order valence-corrected chi connectivity index (χ3v) is 11.9. The van der Waals surface area contributed by atoms with Gasteiger partial charge in [0.1, 0.15) is 6.61 Å². The summed E-state index contributed by atoms with van der Waals surface area (Å²) in [6, 6.07) is 0. The van der Waals surface area contributed by atoms with Crippen molar-refractivity contribution >= 4 is 0 Å². The first-order chi connectivity index (χ1) is 22.5. The van der Waals surface area contributed by atoms with Crippen molar-refractivity contribution in [2.75, 3.05) is 92.4 Å². The quantitative estimate of drug-likeness (QED) is 0.0572. The summed E-state index contributed by atoms with van der Waals surface area (Å²) in [4.78, 5) is 5.81. The van der Waals surface area contributed by atoms with Crippen molar-refractivity contribution in [3.05, 3.63) is 11.6 Å². The molecule has 1 N–H and O–H groups in total. The van der Waals surface area contributed by atoms with Crippen LogP contribution in [0.15, 0.2) is 11.6 Å². The highest BCUT2D eigenvalue weighted by Crippen LogP contribution is 2.67. The van der Waals surface area contributed by atoms with Crippen molar-refractivity contribution in [3.8, 4) is 12.3 Å². The Morgan fingerprint density at radius 3 is 2.07 bits per heavy atom. The fraction of sp³-hybridized carbons (Fsp3) is 0.895. The van der Waals surface area contributed by atoms with Crippen LogP contribution in [0.1, 0.15) is 85.0 Å². The summed E-state index contributed by atoms with van der Waals surface area (Å²) in [6.45, 7) is 15.5. The van der Waals surface area contributed by atoms with Gasteiger partial charge in [0.2, 0.25) is 0 Å². The van der Waals surface area contributed by atoms with Gasteiger partial charge in [-0.2, -0.15) is 0 Å². The Kier molecular flexibility index (Phi) is 16.8. The zero-order valence-corrected chi connectivity index (χ0v) is 29.4. The number of hydrogen-bond acceptors (Lipinski definition) is 8. The highest BCUT2D eigenvalue weighted by atomic mass is 16.6. The van der Waals surface area contributed by atoms with Crippen LogP contribution in [0.25, 0.3) is 0 Å². The van der Waals surface area contributed by atoms with Gasteiger partial charge in [-0.3, -0.25) is 0 Å². The number of hydroxylamine groups is 1. The Hall–Kier alpha value is -1.02. The molecule has 0 radical (unpaired) electrons. The second kappa shape index (κ2) is 20.5. The van der Waals surface area contributed by atoms with E-state index in [1.165, 1.54) is 57.8 Å². The fourth-order valence-electron chi connectivity index (χ4n) is 9.61. The molecule has 8 nitrogen and oxygen atoms in total. The van der Waals surface area contributed by atoms with Gasteiger partial charge >= 0.3 is 0 Å². The number of rotatable bonds is 24. The van der Waals surface area contributed by atoms with E-state index in [1.54, 1.807) is 0 Å². The number of nitrogens with one attached hydrogen (secondary N) is 1. The molecular formula is C38H65NO7. The summed E-state index contributed by atoms with van der Waals surface area (Å²) in [6.07, 6.45) is 21.7. The van der Waals surface area contributed by atoms with E-state index >= 15 is 0 Å². The van der Waals surface area contributed by atoms with Crippen LogP contribution in [-0.4, -0.2) is 92.4 Å². The van der Waals surface area contributed by atoms with Crippen LogP contribution in [0.5, 0.6) is 0 Å². The van der Waals surface area contributed by atoms with E-state index in [0.29, 0.717) is 103 Å². The molecule has 3 fully saturated rings. The van der Waals surface area contributed by atoms with Gasteiger partial charge in [-0.15, -0.1) is 6.42 Å². The van der Waals surface area contributed by atoms with E-state index in [2.05, 4.69) is 38.2 Å². The van der Waals surface area contributed by atoms with Crippen LogP contribution in [0.4, 0.5) is 0 Å². The van der Waals surface area contributed by atoms with Gasteiger partial charge in [-0.25, -0.2) is 5.48 Å². The van der Waals surface area contributed by atoms with Gasteiger partial charge < -0.3 is 33.3 Å². The van der Waals surface area contributed by atoms with E-state index in [1.807, 2.05) is 5.57 Å². The monoisotopic (exact) mass is 647 g/mol. The minimum Gasteiger partial charge on any atom is -0.378 e. The van der Waals surface area contributed by atoms with E-state index < -0.39 is 0 Å². The van der Waals surface area contributed by atoms with Crippen molar-refractivity contribution in [1.82, 2.24) is 5.48 Å². The normalized spacial score (nSPS) is 31.0. The molecule has 0 aliphatic heterocycles. The van der Waals surface area contributed by atoms with Crippen LogP contribution in [-0.2, 0) is 33.3 Å². The number of terminal acetylenes is 1. The number of ether oxygens (including phenoxy) is 6. The number of hydrogen-bond donors (Lipinski definition) is 1. The topological polar surface area (TPSA) is 76.6 Å². The molecule has 8 heteroatoms. The summed E-state index contributed by atoms with van der Waals surface area (Å²) in [5, 5.41) is 0. The molecule has 46 heavy (non-hydrogen) atoms. The second-order valence-electron chi connectivity index (χ2n) is 14.5. The van der Waals surface area contributed by atoms with E-state index in [9.17, 15) is 0 Å². The molecule has 0 aromatic heterocycles. The summed E-state index contributed by atoms with van der Waals surface area (Å²) in [5.41, 5.74) is 5.94. The number of fused-ring (bicyclic) bond motifs is 5. The average Bonchev–Trinajstić information content (AvgIpc) is 3.42. The van der Waals surface area contributed by atoms with Gasteiger partial charge in [-0.1, -0.05) is 44.8 Å². The van der Waals surface area contributed by atoms with E-state index in [-0.39, 0.29) is 0 Å². The molecule has 4 aliphatic rings. The zero-order valence-electron chi connectivity index (χ0n) is 29.4. The highest BCUT2D eigenvalue weighted by Gasteiger charge is 2.58. The standard InChI is InChI=1S/C38H65NO7/c1-5-18-40-21-23-42-25-27-44-29-30-45-28-26-43-24-22-41-20-17-39-46-19-14-31(2)34-11-12-35-33-10-9-32-8-6-7-15-37(32,3)36(33)13-16-38(34,35)4/h1,9,31,33-36,39H,6-8,10-30H2,2-4H3/t31-,33+,34-,35+,36+,37+,38-/m1/s1. The molecule has 4 rings (SSSR count). The minimum absolute atomic E-state index is 0.319. The lowest BCUT2D eigenvalue weighted by molar-refractivity contribution is -0.0540. The largest absolute Gasteiger partial charge is 0.378 e. The van der Waals surface area contributed by atoms with Crippen molar-refractivity contribution in [2.24, 2.45) is 40.4 Å². The smallest absolute Gasteiger partial charge is 0.107 e. The molecule has 264 valence electrons. The van der Waals surface area contributed by atoms with Gasteiger partial charge in [0.25, 0.3) is 0 Å². The minimum atomic E-state index is 0.319. The molecule has 0 spiro atoms. The fourth-order valence-corrected chi connectivity index (χ4v) is 9.61. The molecule has 0 aromatic carbocycles. The van der Waals surface area contributed by atoms with E-state index in [0.717, 1.165) is 36.7 Å². The molecular weight excluding hydrogens is 582 g/mol. The van der Waals surface area contributed by atoms with Crippen LogP contribution in [0, 0.1) is 52.8 Å². The maximum Gasteiger partial charge on any atom is 0.107 e. The molecule has 0 bridgehead atoms. The molecule has 7 atom stereocenters. The molecule has 0 saturated heterocycles. The molecule has 4 aliphatic carbocycles. The summed E-state index contributed by atoms with van der Waals surface area (Å²) in [5.74, 6) is 6.71. The van der Waals surface area contributed by atoms with Crippen LogP contribution >= 0.6 is 0 Å². The van der Waals surface area contributed by atoms with Crippen LogP contribution in [0.3, 0.4) is 0 Å². The maximum absolute atomic E-state index is 5.81. The molecule has 0 unspecified atom stereocenters. The zero-order chi connectivity index (χ0) is 32.5. The van der Waals surface area contributed by atoms with E-state index in [4.69, 9.17) is 39.7 Å². The van der Waals surface area contributed by atoms with Crippen molar-refractivity contribution in [1.29, 1.82) is 0 Å². The molecule has 3 saturated carbocycles. The first-order valence-corrected chi connectivity index (χ1v) is 18.4. The Morgan fingerprint density at radius 1 is 0.783 bits per heavy atom. The van der Waals surface area contributed by atoms with Crippen molar-refractivity contribution < 1.29 is 33.3 Å². The molecule has 0 aromatic rings. The maximum atomic E-state index is 5.81. The third-order valence-electron chi connectivity index (χ3n) is 11.9. The van der Waals surface area contributed by atoms with Gasteiger partial charge in [0.05, 0.1) is 79.3 Å². The van der Waals surface area contributed by atoms with Gasteiger partial charge in [0, 0.05) is 6.54 Å².